The summed E-state index contributed by atoms with van der Waals surface area (Å²) in [6.45, 7) is 6.31. The number of likely N-dealkylation sites (tertiary alicyclic amines) is 1. The number of rotatable bonds is 5. The molecule has 1 aliphatic carbocycles. The van der Waals surface area contributed by atoms with Gasteiger partial charge in [0, 0.05) is 12.6 Å². The average Bonchev–Trinajstić information content (AvgIpc) is 2.95. The van der Waals surface area contributed by atoms with E-state index in [9.17, 15) is 4.79 Å². The SMILES string of the molecule is CCCNC1CCN(C(C)C2CCCC2)C1=O. The van der Waals surface area contributed by atoms with E-state index in [2.05, 4.69) is 24.1 Å². The highest BCUT2D eigenvalue weighted by Crippen LogP contribution is 2.31. The summed E-state index contributed by atoms with van der Waals surface area (Å²) < 4.78 is 0. The Hall–Kier alpha value is -0.570. The summed E-state index contributed by atoms with van der Waals surface area (Å²) in [5.74, 6) is 1.10. The third kappa shape index (κ3) is 2.82. The van der Waals surface area contributed by atoms with E-state index >= 15 is 0 Å². The normalized spacial score (nSPS) is 28.0. The van der Waals surface area contributed by atoms with E-state index in [1.165, 1.54) is 25.7 Å². The van der Waals surface area contributed by atoms with E-state index in [1.807, 2.05) is 0 Å². The number of nitrogens with one attached hydrogen (secondary N) is 1. The smallest absolute Gasteiger partial charge is 0.240 e. The van der Waals surface area contributed by atoms with Gasteiger partial charge in [0.05, 0.1) is 6.04 Å². The molecule has 1 N–H and O–H groups in total. The van der Waals surface area contributed by atoms with Crippen molar-refractivity contribution in [2.24, 2.45) is 5.92 Å². The van der Waals surface area contributed by atoms with Crippen molar-refractivity contribution in [1.82, 2.24) is 10.2 Å². The van der Waals surface area contributed by atoms with Crippen LogP contribution in [0.3, 0.4) is 0 Å². The molecule has 1 saturated heterocycles. The zero-order chi connectivity index (χ0) is 12.3. The fourth-order valence-electron chi connectivity index (χ4n) is 3.31. The summed E-state index contributed by atoms with van der Waals surface area (Å²) in [5, 5.41) is 3.37. The van der Waals surface area contributed by atoms with Crippen LogP contribution in [0.15, 0.2) is 0 Å². The van der Waals surface area contributed by atoms with Gasteiger partial charge >= 0.3 is 0 Å². The lowest BCUT2D eigenvalue weighted by Crippen LogP contribution is -2.44. The van der Waals surface area contributed by atoms with E-state index in [0.717, 1.165) is 31.8 Å². The molecule has 2 atom stereocenters. The monoisotopic (exact) mass is 238 g/mol. The number of amides is 1. The van der Waals surface area contributed by atoms with E-state index in [-0.39, 0.29) is 6.04 Å². The maximum Gasteiger partial charge on any atom is 0.240 e. The number of hydrogen-bond acceptors (Lipinski definition) is 2. The van der Waals surface area contributed by atoms with E-state index in [4.69, 9.17) is 0 Å². The summed E-state index contributed by atoms with van der Waals surface area (Å²) in [4.78, 5) is 14.4. The van der Waals surface area contributed by atoms with E-state index in [1.54, 1.807) is 0 Å². The van der Waals surface area contributed by atoms with Gasteiger partial charge in [-0.3, -0.25) is 4.79 Å². The number of carbonyl (C=O) groups excluding carboxylic acids is 1. The van der Waals surface area contributed by atoms with Crippen molar-refractivity contribution in [2.75, 3.05) is 13.1 Å². The molecule has 3 heteroatoms. The van der Waals surface area contributed by atoms with Gasteiger partial charge < -0.3 is 10.2 Å². The van der Waals surface area contributed by atoms with Crippen LogP contribution in [-0.4, -0.2) is 36.0 Å². The Balaban J connectivity index is 1.87. The molecule has 2 unspecified atom stereocenters. The molecule has 17 heavy (non-hydrogen) atoms. The van der Waals surface area contributed by atoms with Crippen LogP contribution in [0.1, 0.15) is 52.4 Å². The highest BCUT2D eigenvalue weighted by molar-refractivity contribution is 5.84. The number of carbonyl (C=O) groups is 1. The fourth-order valence-corrected chi connectivity index (χ4v) is 3.31. The summed E-state index contributed by atoms with van der Waals surface area (Å²) in [6, 6.07) is 0.553. The summed E-state index contributed by atoms with van der Waals surface area (Å²) >= 11 is 0. The zero-order valence-electron chi connectivity index (χ0n) is 11.2. The maximum atomic E-state index is 12.3. The average molecular weight is 238 g/mol. The number of nitrogens with zero attached hydrogens (tertiary/aromatic N) is 1. The van der Waals surface area contributed by atoms with Crippen molar-refractivity contribution in [3.05, 3.63) is 0 Å². The molecule has 0 bridgehead atoms. The molecule has 2 rings (SSSR count). The third-order valence-corrected chi connectivity index (χ3v) is 4.45. The Labute approximate surface area is 105 Å². The van der Waals surface area contributed by atoms with Crippen molar-refractivity contribution >= 4 is 5.91 Å². The first-order valence-corrected chi connectivity index (χ1v) is 7.28. The van der Waals surface area contributed by atoms with Crippen molar-refractivity contribution in [3.63, 3.8) is 0 Å². The summed E-state index contributed by atoms with van der Waals surface area (Å²) in [7, 11) is 0. The van der Waals surface area contributed by atoms with Crippen molar-refractivity contribution in [2.45, 2.75) is 64.5 Å². The molecule has 0 aromatic heterocycles. The molecule has 0 radical (unpaired) electrons. The second kappa shape index (κ2) is 5.85. The molecule has 98 valence electrons. The second-order valence-corrected chi connectivity index (χ2v) is 5.61. The standard InChI is InChI=1S/C14H26N2O/c1-3-9-15-13-8-10-16(14(13)17)11(2)12-6-4-5-7-12/h11-13,15H,3-10H2,1-2H3. The first-order valence-electron chi connectivity index (χ1n) is 7.28. The maximum absolute atomic E-state index is 12.3. The molecule has 0 aromatic carbocycles. The summed E-state index contributed by atoms with van der Waals surface area (Å²) in [5.41, 5.74) is 0. The lowest BCUT2D eigenvalue weighted by molar-refractivity contribution is -0.132. The first-order chi connectivity index (χ1) is 8.24. The van der Waals surface area contributed by atoms with Gasteiger partial charge in [-0.15, -0.1) is 0 Å². The molecule has 0 spiro atoms. The topological polar surface area (TPSA) is 32.3 Å². The second-order valence-electron chi connectivity index (χ2n) is 5.61. The third-order valence-electron chi connectivity index (χ3n) is 4.45. The van der Waals surface area contributed by atoms with Gasteiger partial charge in [-0.2, -0.15) is 0 Å². The van der Waals surface area contributed by atoms with Crippen molar-refractivity contribution < 1.29 is 4.79 Å². The van der Waals surface area contributed by atoms with Gasteiger partial charge in [-0.25, -0.2) is 0 Å². The molecular formula is C14H26N2O. The van der Waals surface area contributed by atoms with Gasteiger partial charge in [-0.1, -0.05) is 19.8 Å². The molecule has 3 nitrogen and oxygen atoms in total. The number of hydrogen-bond donors (Lipinski definition) is 1. The Kier molecular flexibility index (Phi) is 4.43. The van der Waals surface area contributed by atoms with E-state index < -0.39 is 0 Å². The molecule has 1 amide bonds. The highest BCUT2D eigenvalue weighted by Gasteiger charge is 2.37. The lowest BCUT2D eigenvalue weighted by atomic mass is 9.98. The minimum atomic E-state index is 0.0961. The molecular weight excluding hydrogens is 212 g/mol. The first kappa shape index (κ1) is 12.9. The Morgan fingerprint density at radius 1 is 1.35 bits per heavy atom. The van der Waals surface area contributed by atoms with Gasteiger partial charge in [0.2, 0.25) is 5.91 Å². The van der Waals surface area contributed by atoms with Gasteiger partial charge in [-0.05, 0) is 45.1 Å². The predicted molar refractivity (Wildman–Crippen MR) is 69.8 cm³/mol. The summed E-state index contributed by atoms with van der Waals surface area (Å²) in [6.07, 6.45) is 7.44. The molecule has 2 aliphatic rings. The molecule has 0 aromatic rings. The van der Waals surface area contributed by atoms with Crippen LogP contribution in [0, 0.1) is 5.92 Å². The Bertz CT molecular complexity index is 261. The van der Waals surface area contributed by atoms with Crippen LogP contribution in [-0.2, 0) is 4.79 Å². The largest absolute Gasteiger partial charge is 0.338 e. The highest BCUT2D eigenvalue weighted by atomic mass is 16.2. The lowest BCUT2D eigenvalue weighted by Gasteiger charge is -2.29. The Morgan fingerprint density at radius 3 is 2.71 bits per heavy atom. The van der Waals surface area contributed by atoms with Crippen LogP contribution >= 0.6 is 0 Å². The van der Waals surface area contributed by atoms with E-state index in [0.29, 0.717) is 11.9 Å². The molecule has 1 aliphatic heterocycles. The predicted octanol–water partition coefficient (Wildman–Crippen LogP) is 2.17. The van der Waals surface area contributed by atoms with Gasteiger partial charge in [0.15, 0.2) is 0 Å². The Morgan fingerprint density at radius 2 is 2.06 bits per heavy atom. The van der Waals surface area contributed by atoms with Crippen molar-refractivity contribution in [3.8, 4) is 0 Å². The van der Waals surface area contributed by atoms with Gasteiger partial charge in [0.1, 0.15) is 0 Å². The minimum absolute atomic E-state index is 0.0961. The molecule has 1 heterocycles. The fraction of sp³-hybridized carbons (Fsp3) is 0.929. The van der Waals surface area contributed by atoms with Crippen LogP contribution < -0.4 is 5.32 Å². The van der Waals surface area contributed by atoms with Crippen LogP contribution in [0.4, 0.5) is 0 Å². The quantitative estimate of drug-likeness (QED) is 0.796. The van der Waals surface area contributed by atoms with Crippen molar-refractivity contribution in [1.29, 1.82) is 0 Å². The zero-order valence-corrected chi connectivity index (χ0v) is 11.2. The van der Waals surface area contributed by atoms with Crippen LogP contribution in [0.5, 0.6) is 0 Å². The minimum Gasteiger partial charge on any atom is -0.338 e. The molecule has 1 saturated carbocycles. The molecule has 2 fully saturated rings. The van der Waals surface area contributed by atoms with Crippen LogP contribution in [0.25, 0.3) is 0 Å². The van der Waals surface area contributed by atoms with Crippen LogP contribution in [0.2, 0.25) is 0 Å². The van der Waals surface area contributed by atoms with Gasteiger partial charge in [0.25, 0.3) is 0 Å².